The van der Waals surface area contributed by atoms with E-state index in [1.54, 1.807) is 11.3 Å². The smallest absolute Gasteiger partial charge is 0.316 e. The van der Waals surface area contributed by atoms with Crippen LogP contribution in [0, 0.1) is 13.8 Å². The van der Waals surface area contributed by atoms with Crippen LogP contribution in [-0.2, 0) is 13.0 Å². The van der Waals surface area contributed by atoms with Crippen molar-refractivity contribution in [1.82, 2.24) is 20.3 Å². The van der Waals surface area contributed by atoms with Crippen LogP contribution in [0.1, 0.15) is 35.7 Å². The second-order valence-electron chi connectivity index (χ2n) is 5.26. The lowest BCUT2D eigenvalue weighted by atomic mass is 10.2. The van der Waals surface area contributed by atoms with Crippen LogP contribution < -0.4 is 10.1 Å². The van der Waals surface area contributed by atoms with Gasteiger partial charge in [0.05, 0.1) is 17.8 Å². The van der Waals surface area contributed by atoms with Gasteiger partial charge in [0.15, 0.2) is 0 Å². The van der Waals surface area contributed by atoms with Crippen molar-refractivity contribution in [3.63, 3.8) is 0 Å². The SMILES string of the molecule is Cc1nc(OCCc2scnc2C)ncc1CNC(C)C. The third-order valence-corrected chi connectivity index (χ3v) is 4.16. The van der Waals surface area contributed by atoms with Crippen LogP contribution in [-0.4, -0.2) is 27.6 Å². The van der Waals surface area contributed by atoms with Crippen molar-refractivity contribution in [3.05, 3.63) is 33.5 Å². The number of rotatable bonds is 7. The van der Waals surface area contributed by atoms with Crippen LogP contribution in [0.15, 0.2) is 11.7 Å². The maximum Gasteiger partial charge on any atom is 0.316 e. The summed E-state index contributed by atoms with van der Waals surface area (Å²) in [7, 11) is 0. The summed E-state index contributed by atoms with van der Waals surface area (Å²) in [6.07, 6.45) is 2.68. The minimum absolute atomic E-state index is 0.447. The van der Waals surface area contributed by atoms with Crippen molar-refractivity contribution in [2.24, 2.45) is 0 Å². The molecule has 0 atom stereocenters. The largest absolute Gasteiger partial charge is 0.463 e. The van der Waals surface area contributed by atoms with Gasteiger partial charge in [0.25, 0.3) is 0 Å². The van der Waals surface area contributed by atoms with Gasteiger partial charge in [-0.05, 0) is 13.8 Å². The molecule has 0 saturated heterocycles. The molecule has 0 aromatic carbocycles. The fraction of sp³-hybridized carbons (Fsp3) is 0.533. The standard InChI is InChI=1S/C15H22N4OS/c1-10(2)16-7-13-8-17-15(19-11(13)3)20-6-5-14-12(4)18-9-21-14/h8-10,16H,5-7H2,1-4H3. The Hall–Kier alpha value is -1.53. The van der Waals surface area contributed by atoms with Crippen molar-refractivity contribution in [1.29, 1.82) is 0 Å². The lowest BCUT2D eigenvalue weighted by molar-refractivity contribution is 0.295. The number of nitrogens with one attached hydrogen (secondary N) is 1. The number of aryl methyl sites for hydroxylation is 2. The first-order chi connectivity index (χ1) is 10.1. The molecular weight excluding hydrogens is 284 g/mol. The second-order valence-corrected chi connectivity index (χ2v) is 6.20. The van der Waals surface area contributed by atoms with Gasteiger partial charge >= 0.3 is 6.01 Å². The van der Waals surface area contributed by atoms with Crippen molar-refractivity contribution in [2.75, 3.05) is 6.61 Å². The zero-order valence-corrected chi connectivity index (χ0v) is 13.8. The molecular formula is C15H22N4OS. The molecule has 0 radical (unpaired) electrons. The molecule has 0 unspecified atom stereocenters. The summed E-state index contributed by atoms with van der Waals surface area (Å²) in [5, 5.41) is 3.36. The molecule has 21 heavy (non-hydrogen) atoms. The molecule has 1 N–H and O–H groups in total. The lowest BCUT2D eigenvalue weighted by Gasteiger charge is -2.10. The zero-order valence-electron chi connectivity index (χ0n) is 13.0. The van der Waals surface area contributed by atoms with E-state index in [2.05, 4.69) is 34.1 Å². The average molecular weight is 306 g/mol. The molecule has 114 valence electrons. The Balaban J connectivity index is 1.86. The highest BCUT2D eigenvalue weighted by molar-refractivity contribution is 7.09. The van der Waals surface area contributed by atoms with E-state index in [4.69, 9.17) is 4.74 Å². The Bertz CT molecular complexity index is 583. The van der Waals surface area contributed by atoms with E-state index in [0.29, 0.717) is 18.7 Å². The van der Waals surface area contributed by atoms with Crippen LogP contribution in [0.4, 0.5) is 0 Å². The third kappa shape index (κ3) is 4.75. The van der Waals surface area contributed by atoms with Gasteiger partial charge in [0.2, 0.25) is 0 Å². The molecule has 0 aliphatic rings. The van der Waals surface area contributed by atoms with Crippen molar-refractivity contribution in [2.45, 2.75) is 46.7 Å². The molecule has 0 bridgehead atoms. The number of aromatic nitrogens is 3. The zero-order chi connectivity index (χ0) is 15.2. The Morgan fingerprint density at radius 3 is 2.67 bits per heavy atom. The van der Waals surface area contributed by atoms with Gasteiger partial charge in [-0.2, -0.15) is 0 Å². The number of hydrogen-bond acceptors (Lipinski definition) is 6. The maximum atomic E-state index is 5.63. The van der Waals surface area contributed by atoms with Crippen molar-refractivity contribution >= 4 is 11.3 Å². The van der Waals surface area contributed by atoms with Gasteiger partial charge in [-0.1, -0.05) is 13.8 Å². The van der Waals surface area contributed by atoms with Gasteiger partial charge in [0, 0.05) is 41.3 Å². The highest BCUT2D eigenvalue weighted by Crippen LogP contribution is 2.14. The van der Waals surface area contributed by atoms with E-state index in [1.165, 1.54) is 4.88 Å². The highest BCUT2D eigenvalue weighted by atomic mass is 32.1. The monoisotopic (exact) mass is 306 g/mol. The number of hydrogen-bond donors (Lipinski definition) is 1. The highest BCUT2D eigenvalue weighted by Gasteiger charge is 2.06. The fourth-order valence-electron chi connectivity index (χ4n) is 1.83. The predicted octanol–water partition coefficient (Wildman–Crippen LogP) is 2.67. The molecule has 0 saturated carbocycles. The van der Waals surface area contributed by atoms with E-state index in [1.807, 2.05) is 25.6 Å². The molecule has 0 spiro atoms. The van der Waals surface area contributed by atoms with E-state index in [0.717, 1.165) is 29.9 Å². The molecule has 2 heterocycles. The average Bonchev–Trinajstić information content (AvgIpc) is 2.83. The minimum atomic E-state index is 0.447. The van der Waals surface area contributed by atoms with E-state index in [9.17, 15) is 0 Å². The molecule has 0 aliphatic carbocycles. The van der Waals surface area contributed by atoms with Gasteiger partial charge in [-0.15, -0.1) is 11.3 Å². The Kier molecular flexibility index (Phi) is 5.64. The molecule has 2 aromatic heterocycles. The summed E-state index contributed by atoms with van der Waals surface area (Å²) in [6, 6.07) is 0.894. The summed E-state index contributed by atoms with van der Waals surface area (Å²) in [5.74, 6) is 0. The summed E-state index contributed by atoms with van der Waals surface area (Å²) < 4.78 is 5.63. The molecule has 5 nitrogen and oxygen atoms in total. The van der Waals surface area contributed by atoms with Gasteiger partial charge in [0.1, 0.15) is 0 Å². The summed E-state index contributed by atoms with van der Waals surface area (Å²) >= 11 is 1.66. The molecule has 6 heteroatoms. The van der Waals surface area contributed by atoms with Gasteiger partial charge < -0.3 is 10.1 Å². The van der Waals surface area contributed by atoms with Crippen LogP contribution in [0.3, 0.4) is 0 Å². The first-order valence-corrected chi connectivity index (χ1v) is 8.02. The maximum absolute atomic E-state index is 5.63. The quantitative estimate of drug-likeness (QED) is 0.852. The van der Waals surface area contributed by atoms with Crippen LogP contribution in [0.5, 0.6) is 6.01 Å². The Morgan fingerprint density at radius 2 is 2.05 bits per heavy atom. The third-order valence-electron chi connectivity index (χ3n) is 3.16. The lowest BCUT2D eigenvalue weighted by Crippen LogP contribution is -2.22. The molecule has 0 fully saturated rings. The fourth-order valence-corrected chi connectivity index (χ4v) is 2.59. The van der Waals surface area contributed by atoms with Gasteiger partial charge in [-0.3, -0.25) is 0 Å². The molecule has 0 amide bonds. The molecule has 2 rings (SSSR count). The predicted molar refractivity (Wildman–Crippen MR) is 84.8 cm³/mol. The Labute approximate surface area is 129 Å². The number of thiazole rings is 1. The van der Waals surface area contributed by atoms with E-state index >= 15 is 0 Å². The molecule has 2 aromatic rings. The van der Waals surface area contributed by atoms with Crippen LogP contribution in [0.25, 0.3) is 0 Å². The van der Waals surface area contributed by atoms with E-state index in [-0.39, 0.29) is 0 Å². The summed E-state index contributed by atoms with van der Waals surface area (Å²) in [4.78, 5) is 14.2. The summed E-state index contributed by atoms with van der Waals surface area (Å²) in [5.41, 5.74) is 5.01. The van der Waals surface area contributed by atoms with Crippen molar-refractivity contribution < 1.29 is 4.74 Å². The van der Waals surface area contributed by atoms with Crippen LogP contribution >= 0.6 is 11.3 Å². The minimum Gasteiger partial charge on any atom is -0.463 e. The number of nitrogens with zero attached hydrogens (tertiary/aromatic N) is 3. The normalized spacial score (nSPS) is 11.1. The first-order valence-electron chi connectivity index (χ1n) is 7.14. The van der Waals surface area contributed by atoms with E-state index < -0.39 is 0 Å². The van der Waals surface area contributed by atoms with Crippen molar-refractivity contribution in [3.8, 4) is 6.01 Å². The second kappa shape index (κ2) is 7.47. The first kappa shape index (κ1) is 15.9. The Morgan fingerprint density at radius 1 is 1.24 bits per heavy atom. The number of ether oxygens (including phenoxy) is 1. The summed E-state index contributed by atoms with van der Waals surface area (Å²) in [6.45, 7) is 9.60. The van der Waals surface area contributed by atoms with Gasteiger partial charge in [-0.25, -0.2) is 15.0 Å². The molecule has 0 aliphatic heterocycles. The van der Waals surface area contributed by atoms with Crippen LogP contribution in [0.2, 0.25) is 0 Å². The topological polar surface area (TPSA) is 59.9 Å².